The maximum absolute atomic E-state index is 13.4. The van der Waals surface area contributed by atoms with E-state index in [9.17, 15) is 4.39 Å². The number of hydrogen-bond donors (Lipinski definition) is 1. The Morgan fingerprint density at radius 3 is 2.13 bits per heavy atom. The van der Waals surface area contributed by atoms with E-state index < -0.39 is 0 Å². The number of methoxy groups -OCH3 is 1. The smallest absolute Gasteiger partial charge is 0.205 e. The Morgan fingerprint density at radius 1 is 0.839 bits per heavy atom. The van der Waals surface area contributed by atoms with Crippen LogP contribution in [-0.4, -0.2) is 12.7 Å². The number of rotatable bonds is 5. The van der Waals surface area contributed by atoms with Gasteiger partial charge in [0.15, 0.2) is 5.76 Å². The highest BCUT2D eigenvalue weighted by Gasteiger charge is 2.25. The van der Waals surface area contributed by atoms with Gasteiger partial charge in [-0.05, 0) is 81.4 Å². The Hall–Kier alpha value is -3.67. The number of hydrogen-bond acceptors (Lipinski definition) is 5. The number of anilines is 1. The van der Waals surface area contributed by atoms with Crippen LogP contribution < -0.4 is 19.7 Å². The summed E-state index contributed by atoms with van der Waals surface area (Å²) in [5, 5.41) is 0. The van der Waals surface area contributed by atoms with Crippen molar-refractivity contribution in [3.8, 4) is 17.2 Å². The van der Waals surface area contributed by atoms with Gasteiger partial charge in [-0.3, -0.25) is 0 Å². The van der Waals surface area contributed by atoms with E-state index in [4.69, 9.17) is 19.0 Å². The van der Waals surface area contributed by atoms with Crippen molar-refractivity contribution in [3.63, 3.8) is 0 Å². The summed E-state index contributed by atoms with van der Waals surface area (Å²) in [6, 6.07) is 19.0. The maximum Gasteiger partial charge on any atom is 0.205 e. The molecule has 31 heavy (non-hydrogen) atoms. The van der Waals surface area contributed by atoms with Crippen molar-refractivity contribution >= 4 is 17.2 Å². The molecule has 6 heteroatoms. The van der Waals surface area contributed by atoms with Crippen LogP contribution in [0.5, 0.6) is 17.2 Å². The minimum absolute atomic E-state index is 0.290. The fraction of sp³-hybridized carbons (Fsp3) is 0.200. The van der Waals surface area contributed by atoms with Gasteiger partial charge in [-0.2, -0.15) is 0 Å². The molecule has 0 amide bonds. The standard InChI is InChI=1S/C25H24FNO4/c1-25(2,3)30-19-11-9-18(10-12-19)29-24-21-14-13-20(28-4)15-22(21)27-31-23(24)16-5-7-17(26)8-6-16/h5-15,27H,1-4H3. The van der Waals surface area contributed by atoms with E-state index >= 15 is 0 Å². The van der Waals surface area contributed by atoms with Crippen LogP contribution >= 0.6 is 0 Å². The average molecular weight is 421 g/mol. The molecule has 0 radical (unpaired) electrons. The molecule has 4 rings (SSSR count). The van der Waals surface area contributed by atoms with E-state index in [2.05, 4.69) is 5.48 Å². The van der Waals surface area contributed by atoms with Crippen LogP contribution in [0.4, 0.5) is 10.1 Å². The first-order valence-electron chi connectivity index (χ1n) is 9.91. The second kappa shape index (κ2) is 8.22. The largest absolute Gasteiger partial charge is 0.497 e. The van der Waals surface area contributed by atoms with Gasteiger partial charge in [0, 0.05) is 17.2 Å². The molecule has 0 bridgehead atoms. The van der Waals surface area contributed by atoms with Crippen molar-refractivity contribution < 1.29 is 23.4 Å². The van der Waals surface area contributed by atoms with E-state index in [0.29, 0.717) is 34.3 Å². The Kier molecular flexibility index (Phi) is 5.46. The van der Waals surface area contributed by atoms with Gasteiger partial charge in [-0.15, -0.1) is 0 Å². The van der Waals surface area contributed by atoms with Crippen LogP contribution in [-0.2, 0) is 4.84 Å². The summed E-state index contributed by atoms with van der Waals surface area (Å²) in [7, 11) is 1.60. The van der Waals surface area contributed by atoms with E-state index in [-0.39, 0.29) is 11.4 Å². The van der Waals surface area contributed by atoms with Gasteiger partial charge in [-0.1, -0.05) is 0 Å². The summed E-state index contributed by atoms with van der Waals surface area (Å²) < 4.78 is 30.9. The lowest BCUT2D eigenvalue weighted by Gasteiger charge is -2.25. The molecule has 0 atom stereocenters. The summed E-state index contributed by atoms with van der Waals surface area (Å²) in [5.41, 5.74) is 4.80. The zero-order valence-electron chi connectivity index (χ0n) is 17.9. The molecule has 0 aromatic heterocycles. The second-order valence-corrected chi connectivity index (χ2v) is 8.07. The molecule has 0 spiro atoms. The zero-order chi connectivity index (χ0) is 22.0. The van der Waals surface area contributed by atoms with Gasteiger partial charge in [0.05, 0.1) is 12.8 Å². The Bertz CT molecular complexity index is 1100. The molecule has 0 aliphatic carbocycles. The molecule has 0 fully saturated rings. The number of nitrogens with one attached hydrogen (secondary N) is 1. The minimum Gasteiger partial charge on any atom is -0.497 e. The first-order valence-corrected chi connectivity index (χ1v) is 9.91. The SMILES string of the molecule is COc1ccc2c(c1)NOC(c1ccc(F)cc1)=C2Oc1ccc(OC(C)(C)C)cc1. The second-order valence-electron chi connectivity index (χ2n) is 8.07. The van der Waals surface area contributed by atoms with Gasteiger partial charge >= 0.3 is 0 Å². The zero-order valence-corrected chi connectivity index (χ0v) is 17.9. The predicted octanol–water partition coefficient (Wildman–Crippen LogP) is 6.27. The Labute approximate surface area is 181 Å². The fourth-order valence-corrected chi connectivity index (χ4v) is 3.15. The lowest BCUT2D eigenvalue weighted by atomic mass is 10.0. The van der Waals surface area contributed by atoms with Gasteiger partial charge in [-0.25, -0.2) is 9.87 Å². The van der Waals surface area contributed by atoms with Gasteiger partial charge in [0.1, 0.15) is 28.7 Å². The number of halogens is 1. The van der Waals surface area contributed by atoms with Crippen molar-refractivity contribution in [3.05, 3.63) is 83.7 Å². The van der Waals surface area contributed by atoms with Crippen molar-refractivity contribution in [2.45, 2.75) is 26.4 Å². The summed E-state index contributed by atoms with van der Waals surface area (Å²) in [6.07, 6.45) is 0. The van der Waals surface area contributed by atoms with E-state index in [1.54, 1.807) is 19.2 Å². The van der Waals surface area contributed by atoms with Crippen molar-refractivity contribution in [1.82, 2.24) is 0 Å². The number of benzene rings is 3. The molecule has 1 aliphatic heterocycles. The topological polar surface area (TPSA) is 49.0 Å². The molecule has 0 saturated carbocycles. The van der Waals surface area contributed by atoms with Crippen LogP contribution in [0.2, 0.25) is 0 Å². The normalized spacial score (nSPS) is 13.1. The lowest BCUT2D eigenvalue weighted by Crippen LogP contribution is -2.22. The molecule has 1 aliphatic rings. The van der Waals surface area contributed by atoms with E-state index in [0.717, 1.165) is 11.3 Å². The molecule has 160 valence electrons. The van der Waals surface area contributed by atoms with Crippen LogP contribution in [0.1, 0.15) is 31.9 Å². The highest BCUT2D eigenvalue weighted by atomic mass is 19.1. The molecule has 1 heterocycles. The minimum atomic E-state index is -0.324. The summed E-state index contributed by atoms with van der Waals surface area (Å²) in [6.45, 7) is 5.98. The molecular formula is C25H24FNO4. The summed E-state index contributed by atoms with van der Waals surface area (Å²) >= 11 is 0. The van der Waals surface area contributed by atoms with Gasteiger partial charge in [0.2, 0.25) is 5.76 Å². The lowest BCUT2D eigenvalue weighted by molar-refractivity contribution is 0.131. The monoisotopic (exact) mass is 421 g/mol. The molecule has 0 saturated heterocycles. The summed E-state index contributed by atoms with van der Waals surface area (Å²) in [5.74, 6) is 2.68. The molecular weight excluding hydrogens is 397 g/mol. The molecule has 3 aromatic rings. The summed E-state index contributed by atoms with van der Waals surface area (Å²) in [4.78, 5) is 5.81. The quantitative estimate of drug-likeness (QED) is 0.526. The van der Waals surface area contributed by atoms with Crippen molar-refractivity contribution in [1.29, 1.82) is 0 Å². The van der Waals surface area contributed by atoms with Gasteiger partial charge in [0.25, 0.3) is 0 Å². The molecule has 3 aromatic carbocycles. The van der Waals surface area contributed by atoms with Gasteiger partial charge < -0.3 is 19.0 Å². The van der Waals surface area contributed by atoms with E-state index in [1.165, 1.54) is 12.1 Å². The third kappa shape index (κ3) is 4.74. The number of fused-ring (bicyclic) bond motifs is 1. The van der Waals surface area contributed by atoms with Crippen LogP contribution in [0.25, 0.3) is 11.5 Å². The third-order valence-corrected chi connectivity index (χ3v) is 4.51. The fourth-order valence-electron chi connectivity index (χ4n) is 3.15. The number of ether oxygens (including phenoxy) is 3. The molecule has 5 nitrogen and oxygen atoms in total. The van der Waals surface area contributed by atoms with Crippen LogP contribution in [0, 0.1) is 5.82 Å². The van der Waals surface area contributed by atoms with Crippen molar-refractivity contribution in [2.75, 3.05) is 12.6 Å². The highest BCUT2D eigenvalue weighted by molar-refractivity contribution is 5.91. The maximum atomic E-state index is 13.4. The average Bonchev–Trinajstić information content (AvgIpc) is 2.74. The molecule has 0 unspecified atom stereocenters. The van der Waals surface area contributed by atoms with E-state index in [1.807, 2.05) is 63.2 Å². The first-order chi connectivity index (χ1) is 14.8. The Morgan fingerprint density at radius 2 is 1.48 bits per heavy atom. The predicted molar refractivity (Wildman–Crippen MR) is 118 cm³/mol. The highest BCUT2D eigenvalue weighted by Crippen LogP contribution is 2.39. The Balaban J connectivity index is 1.73. The van der Waals surface area contributed by atoms with Crippen molar-refractivity contribution in [2.24, 2.45) is 0 Å². The third-order valence-electron chi connectivity index (χ3n) is 4.51. The van der Waals surface area contributed by atoms with Crippen LogP contribution in [0.15, 0.2) is 66.7 Å². The first kappa shape index (κ1) is 20.6. The van der Waals surface area contributed by atoms with Crippen LogP contribution in [0.3, 0.4) is 0 Å². The molecule has 1 N–H and O–H groups in total.